The van der Waals surface area contributed by atoms with Crippen LogP contribution in [0.1, 0.15) is 5.56 Å². The van der Waals surface area contributed by atoms with Crippen molar-refractivity contribution in [1.82, 2.24) is 10.2 Å². The second-order valence-electron chi connectivity index (χ2n) is 4.25. The van der Waals surface area contributed by atoms with Gasteiger partial charge in [0.15, 0.2) is 5.82 Å². The first-order chi connectivity index (χ1) is 9.18. The molecule has 0 amide bonds. The molecule has 3 N–H and O–H groups in total. The van der Waals surface area contributed by atoms with E-state index < -0.39 is 0 Å². The van der Waals surface area contributed by atoms with E-state index in [-0.39, 0.29) is 0 Å². The van der Waals surface area contributed by atoms with Crippen molar-refractivity contribution in [3.63, 3.8) is 0 Å². The number of nitrogen functional groups attached to an aromatic ring is 1. The monoisotopic (exact) mass is 333 g/mol. The van der Waals surface area contributed by atoms with Crippen LogP contribution in [0.2, 0.25) is 0 Å². The van der Waals surface area contributed by atoms with E-state index in [2.05, 4.69) is 45.2 Å². The number of thiophene rings is 1. The van der Waals surface area contributed by atoms with Gasteiger partial charge >= 0.3 is 0 Å². The summed E-state index contributed by atoms with van der Waals surface area (Å²) in [7, 11) is 0. The summed E-state index contributed by atoms with van der Waals surface area (Å²) in [6, 6.07) is 10.2. The summed E-state index contributed by atoms with van der Waals surface area (Å²) in [6.45, 7) is 2.08. The number of halogens is 1. The normalized spacial score (nSPS) is 10.8. The standard InChI is InChI=1S/C14H12BrN3S/c1-8-9(4-2-5-10(8)15)13-12(14(16)18-17-13)11-6-3-7-19-11/h2-7H,1H3,(H3,16,17,18). The van der Waals surface area contributed by atoms with Crippen LogP contribution >= 0.6 is 27.3 Å². The molecular weight excluding hydrogens is 322 g/mol. The van der Waals surface area contributed by atoms with Crippen molar-refractivity contribution in [1.29, 1.82) is 0 Å². The molecule has 19 heavy (non-hydrogen) atoms. The fourth-order valence-corrected chi connectivity index (χ4v) is 3.25. The number of hydrogen-bond acceptors (Lipinski definition) is 3. The SMILES string of the molecule is Cc1c(Br)cccc1-c1[nH]nc(N)c1-c1cccs1. The van der Waals surface area contributed by atoms with Gasteiger partial charge in [0, 0.05) is 14.9 Å². The highest BCUT2D eigenvalue weighted by Crippen LogP contribution is 2.39. The first kappa shape index (κ1) is 12.4. The maximum absolute atomic E-state index is 6.01. The lowest BCUT2D eigenvalue weighted by molar-refractivity contribution is 1.10. The van der Waals surface area contributed by atoms with E-state index in [4.69, 9.17) is 5.73 Å². The minimum absolute atomic E-state index is 0.539. The molecular formula is C14H12BrN3S. The van der Waals surface area contributed by atoms with Gasteiger partial charge in [0.1, 0.15) is 0 Å². The molecule has 0 fully saturated rings. The number of aromatic nitrogens is 2. The quantitative estimate of drug-likeness (QED) is 0.727. The number of nitrogens with zero attached hydrogens (tertiary/aromatic N) is 1. The highest BCUT2D eigenvalue weighted by atomic mass is 79.9. The topological polar surface area (TPSA) is 54.7 Å². The van der Waals surface area contributed by atoms with Gasteiger partial charge in [-0.3, -0.25) is 5.10 Å². The zero-order chi connectivity index (χ0) is 13.4. The Morgan fingerprint density at radius 3 is 2.84 bits per heavy atom. The van der Waals surface area contributed by atoms with E-state index >= 15 is 0 Å². The van der Waals surface area contributed by atoms with Gasteiger partial charge in [-0.2, -0.15) is 5.10 Å². The number of nitrogens with two attached hydrogens (primary N) is 1. The molecule has 0 aliphatic carbocycles. The first-order valence-corrected chi connectivity index (χ1v) is 7.49. The molecule has 2 heterocycles. The molecule has 3 nitrogen and oxygen atoms in total. The van der Waals surface area contributed by atoms with Crippen LogP contribution in [0.5, 0.6) is 0 Å². The molecule has 0 spiro atoms. The molecule has 0 atom stereocenters. The Morgan fingerprint density at radius 1 is 1.26 bits per heavy atom. The van der Waals surface area contributed by atoms with E-state index in [1.54, 1.807) is 11.3 Å². The second kappa shape index (κ2) is 4.83. The largest absolute Gasteiger partial charge is 0.382 e. The zero-order valence-electron chi connectivity index (χ0n) is 10.3. The predicted octanol–water partition coefficient (Wildman–Crippen LogP) is 4.46. The average molecular weight is 334 g/mol. The summed E-state index contributed by atoms with van der Waals surface area (Å²) in [6.07, 6.45) is 0. The molecule has 3 aromatic rings. The third-order valence-corrected chi connectivity index (χ3v) is 4.85. The van der Waals surface area contributed by atoms with E-state index in [1.807, 2.05) is 23.6 Å². The van der Waals surface area contributed by atoms with Crippen LogP contribution in [0.3, 0.4) is 0 Å². The van der Waals surface area contributed by atoms with Gasteiger partial charge in [-0.1, -0.05) is 34.1 Å². The van der Waals surface area contributed by atoms with E-state index in [0.29, 0.717) is 5.82 Å². The Hall–Kier alpha value is -1.59. The Morgan fingerprint density at radius 2 is 2.11 bits per heavy atom. The van der Waals surface area contributed by atoms with Crippen molar-refractivity contribution < 1.29 is 0 Å². The maximum atomic E-state index is 6.01. The second-order valence-corrected chi connectivity index (χ2v) is 6.05. The lowest BCUT2D eigenvalue weighted by atomic mass is 10.0. The molecule has 2 aromatic heterocycles. The third kappa shape index (κ3) is 2.09. The fourth-order valence-electron chi connectivity index (χ4n) is 2.10. The molecule has 5 heteroatoms. The van der Waals surface area contributed by atoms with Crippen LogP contribution in [0.4, 0.5) is 5.82 Å². The smallest absolute Gasteiger partial charge is 0.154 e. The molecule has 0 unspecified atom stereocenters. The summed E-state index contributed by atoms with van der Waals surface area (Å²) in [5.74, 6) is 0.539. The number of rotatable bonds is 2. The number of aromatic amines is 1. The highest BCUT2D eigenvalue weighted by Gasteiger charge is 2.17. The molecule has 0 saturated carbocycles. The average Bonchev–Trinajstić information content (AvgIpc) is 3.02. The van der Waals surface area contributed by atoms with Crippen molar-refractivity contribution >= 4 is 33.1 Å². The summed E-state index contributed by atoms with van der Waals surface area (Å²) >= 11 is 5.22. The Kier molecular flexibility index (Phi) is 3.16. The van der Waals surface area contributed by atoms with Gasteiger partial charge in [0.2, 0.25) is 0 Å². The lowest BCUT2D eigenvalue weighted by Gasteiger charge is -2.07. The number of benzene rings is 1. The third-order valence-electron chi connectivity index (χ3n) is 3.10. The summed E-state index contributed by atoms with van der Waals surface area (Å²) in [5.41, 5.74) is 10.2. The number of hydrogen-bond donors (Lipinski definition) is 2. The lowest BCUT2D eigenvalue weighted by Crippen LogP contribution is -1.88. The Labute approximate surface area is 123 Å². The van der Waals surface area contributed by atoms with E-state index in [9.17, 15) is 0 Å². The van der Waals surface area contributed by atoms with Gasteiger partial charge in [0.25, 0.3) is 0 Å². The molecule has 96 valence electrons. The van der Waals surface area contributed by atoms with Crippen LogP contribution in [0.25, 0.3) is 21.7 Å². The van der Waals surface area contributed by atoms with Crippen LogP contribution in [0, 0.1) is 6.92 Å². The van der Waals surface area contributed by atoms with E-state index in [0.717, 1.165) is 26.2 Å². The molecule has 0 aliphatic rings. The van der Waals surface area contributed by atoms with Gasteiger partial charge in [-0.25, -0.2) is 0 Å². The van der Waals surface area contributed by atoms with Crippen molar-refractivity contribution in [3.8, 4) is 21.7 Å². The fraction of sp³-hybridized carbons (Fsp3) is 0.0714. The van der Waals surface area contributed by atoms with Crippen molar-refractivity contribution in [2.24, 2.45) is 0 Å². The minimum Gasteiger partial charge on any atom is -0.382 e. The highest BCUT2D eigenvalue weighted by molar-refractivity contribution is 9.10. The first-order valence-electron chi connectivity index (χ1n) is 5.81. The van der Waals surface area contributed by atoms with Crippen LogP contribution in [-0.2, 0) is 0 Å². The maximum Gasteiger partial charge on any atom is 0.154 e. The van der Waals surface area contributed by atoms with Crippen molar-refractivity contribution in [3.05, 3.63) is 45.7 Å². The molecule has 0 aliphatic heterocycles. The number of nitrogens with one attached hydrogen (secondary N) is 1. The Balaban J connectivity index is 2.25. The zero-order valence-corrected chi connectivity index (χ0v) is 12.7. The molecule has 1 aromatic carbocycles. The van der Waals surface area contributed by atoms with Crippen molar-refractivity contribution in [2.75, 3.05) is 5.73 Å². The van der Waals surface area contributed by atoms with Crippen LogP contribution in [0.15, 0.2) is 40.2 Å². The van der Waals surface area contributed by atoms with Gasteiger partial charge in [-0.15, -0.1) is 11.3 Å². The molecule has 0 radical (unpaired) electrons. The summed E-state index contributed by atoms with van der Waals surface area (Å²) in [5, 5.41) is 9.26. The number of H-pyrrole nitrogens is 1. The van der Waals surface area contributed by atoms with Crippen LogP contribution in [-0.4, -0.2) is 10.2 Å². The summed E-state index contributed by atoms with van der Waals surface area (Å²) < 4.78 is 1.08. The molecule has 3 rings (SSSR count). The van der Waals surface area contributed by atoms with Gasteiger partial charge < -0.3 is 5.73 Å². The van der Waals surface area contributed by atoms with Gasteiger partial charge in [0.05, 0.1) is 11.3 Å². The summed E-state index contributed by atoms with van der Waals surface area (Å²) in [4.78, 5) is 1.13. The van der Waals surface area contributed by atoms with Crippen LogP contribution < -0.4 is 5.73 Å². The Bertz CT molecular complexity index is 716. The molecule has 0 bridgehead atoms. The predicted molar refractivity (Wildman–Crippen MR) is 84.2 cm³/mol. The number of anilines is 1. The van der Waals surface area contributed by atoms with Gasteiger partial charge in [-0.05, 0) is 30.0 Å². The van der Waals surface area contributed by atoms with Crippen molar-refractivity contribution in [2.45, 2.75) is 6.92 Å². The minimum atomic E-state index is 0.539. The van der Waals surface area contributed by atoms with E-state index in [1.165, 1.54) is 5.56 Å². The molecule has 0 saturated heterocycles.